The lowest BCUT2D eigenvalue weighted by Crippen LogP contribution is -2.45. The zero-order valence-electron chi connectivity index (χ0n) is 17.2. The van der Waals surface area contributed by atoms with Gasteiger partial charge >= 0.3 is 6.03 Å². The Balaban J connectivity index is 1.67. The van der Waals surface area contributed by atoms with Crippen molar-refractivity contribution in [2.24, 2.45) is 0 Å². The van der Waals surface area contributed by atoms with Crippen LogP contribution in [0.3, 0.4) is 0 Å². The summed E-state index contributed by atoms with van der Waals surface area (Å²) >= 11 is 0. The average molecular weight is 395 g/mol. The maximum Gasteiger partial charge on any atom is 0.321 e. The second-order valence-electron chi connectivity index (χ2n) is 7.21. The van der Waals surface area contributed by atoms with Gasteiger partial charge in [0.2, 0.25) is 0 Å². The molecule has 1 aliphatic rings. The van der Waals surface area contributed by atoms with E-state index in [4.69, 9.17) is 0 Å². The highest BCUT2D eigenvalue weighted by atomic mass is 16.2. The summed E-state index contributed by atoms with van der Waals surface area (Å²) in [6.07, 6.45) is 0.886. The minimum absolute atomic E-state index is 0.114. The van der Waals surface area contributed by atoms with Gasteiger partial charge in [-0.25, -0.2) is 4.79 Å². The lowest BCUT2D eigenvalue weighted by Gasteiger charge is -2.30. The van der Waals surface area contributed by atoms with E-state index in [0.29, 0.717) is 25.2 Å². The first-order valence-electron chi connectivity index (χ1n) is 10.3. The number of rotatable bonds is 9. The van der Waals surface area contributed by atoms with Crippen LogP contribution in [0.5, 0.6) is 0 Å². The molecule has 6 heteroatoms. The van der Waals surface area contributed by atoms with Crippen molar-refractivity contribution in [1.29, 1.82) is 0 Å². The van der Waals surface area contributed by atoms with Crippen molar-refractivity contribution in [1.82, 2.24) is 15.5 Å². The largest absolute Gasteiger partial charge is 0.350 e. The third-order valence-electron chi connectivity index (χ3n) is 5.42. The molecule has 0 bridgehead atoms. The van der Waals surface area contributed by atoms with E-state index in [1.165, 1.54) is 5.56 Å². The third kappa shape index (κ3) is 5.35. The number of nitrogens with zero attached hydrogens (tertiary/aromatic N) is 2. The topological polar surface area (TPSA) is 64.7 Å². The maximum atomic E-state index is 12.8. The molecule has 6 nitrogen and oxygen atoms in total. The van der Waals surface area contributed by atoms with Crippen molar-refractivity contribution in [2.45, 2.75) is 26.3 Å². The Morgan fingerprint density at radius 3 is 2.55 bits per heavy atom. The highest BCUT2D eigenvalue weighted by Gasteiger charge is 2.22. The van der Waals surface area contributed by atoms with Gasteiger partial charge in [0.15, 0.2) is 0 Å². The molecular weight excluding hydrogens is 364 g/mol. The number of anilines is 1. The van der Waals surface area contributed by atoms with Gasteiger partial charge in [-0.15, -0.1) is 0 Å². The molecular formula is C23H30N4O2. The number of likely N-dealkylation sites (N-methyl/N-ethyl adjacent to an activating group) is 1. The van der Waals surface area contributed by atoms with E-state index in [9.17, 15) is 9.59 Å². The molecule has 1 atom stereocenters. The molecule has 2 aromatic rings. The number of urea groups is 1. The zero-order valence-corrected chi connectivity index (χ0v) is 17.2. The van der Waals surface area contributed by atoms with E-state index in [-0.39, 0.29) is 18.0 Å². The van der Waals surface area contributed by atoms with E-state index >= 15 is 0 Å². The van der Waals surface area contributed by atoms with Gasteiger partial charge in [0, 0.05) is 36.9 Å². The third-order valence-corrected chi connectivity index (χ3v) is 5.42. The van der Waals surface area contributed by atoms with Crippen LogP contribution in [0.2, 0.25) is 0 Å². The number of benzene rings is 2. The highest BCUT2D eigenvalue weighted by Crippen LogP contribution is 2.18. The predicted octanol–water partition coefficient (Wildman–Crippen LogP) is 2.90. The number of carbonyl (C=O) groups is 2. The smallest absolute Gasteiger partial charge is 0.321 e. The van der Waals surface area contributed by atoms with Crippen molar-refractivity contribution in [3.05, 3.63) is 65.7 Å². The molecule has 1 unspecified atom stereocenters. The van der Waals surface area contributed by atoms with Gasteiger partial charge in [-0.05, 0) is 43.3 Å². The van der Waals surface area contributed by atoms with Crippen LogP contribution in [0, 0.1) is 0 Å². The first-order valence-corrected chi connectivity index (χ1v) is 10.3. The zero-order chi connectivity index (χ0) is 20.6. The minimum atomic E-state index is -0.119. The van der Waals surface area contributed by atoms with Crippen molar-refractivity contribution in [3.8, 4) is 0 Å². The SMILES string of the molecule is CCN(CC)C(CNC(=O)c1cccc(N2CCNC2=O)c1)Cc1ccccc1. The quantitative estimate of drug-likeness (QED) is 0.687. The van der Waals surface area contributed by atoms with Crippen LogP contribution in [0.1, 0.15) is 29.8 Å². The Bertz CT molecular complexity index is 821. The molecule has 154 valence electrons. The van der Waals surface area contributed by atoms with Crippen molar-refractivity contribution < 1.29 is 9.59 Å². The number of carbonyl (C=O) groups excluding carboxylic acids is 2. The fraction of sp³-hybridized carbons (Fsp3) is 0.391. The number of amides is 3. The van der Waals surface area contributed by atoms with E-state index in [1.54, 1.807) is 17.0 Å². The molecule has 1 heterocycles. The summed E-state index contributed by atoms with van der Waals surface area (Å²) in [5.41, 5.74) is 2.58. The normalized spacial score (nSPS) is 14.7. The lowest BCUT2D eigenvalue weighted by atomic mass is 10.0. The summed E-state index contributed by atoms with van der Waals surface area (Å²) in [5.74, 6) is -0.114. The van der Waals surface area contributed by atoms with Crippen LogP contribution < -0.4 is 15.5 Å². The molecule has 1 aliphatic heterocycles. The fourth-order valence-corrected chi connectivity index (χ4v) is 3.80. The van der Waals surface area contributed by atoms with Gasteiger partial charge in [0.25, 0.3) is 5.91 Å². The molecule has 29 heavy (non-hydrogen) atoms. The summed E-state index contributed by atoms with van der Waals surface area (Å²) in [6.45, 7) is 7.98. The molecule has 0 spiro atoms. The Kier molecular flexibility index (Phi) is 7.25. The van der Waals surface area contributed by atoms with E-state index in [2.05, 4.69) is 41.5 Å². The van der Waals surface area contributed by atoms with Crippen molar-refractivity contribution >= 4 is 17.6 Å². The lowest BCUT2D eigenvalue weighted by molar-refractivity contribution is 0.0934. The molecule has 1 saturated heterocycles. The summed E-state index contributed by atoms with van der Waals surface area (Å²) in [5, 5.41) is 5.88. The molecule has 0 aliphatic carbocycles. The fourth-order valence-electron chi connectivity index (χ4n) is 3.80. The van der Waals surface area contributed by atoms with E-state index < -0.39 is 0 Å². The molecule has 0 radical (unpaired) electrons. The van der Waals surface area contributed by atoms with Gasteiger partial charge in [0.1, 0.15) is 0 Å². The van der Waals surface area contributed by atoms with Gasteiger partial charge in [-0.3, -0.25) is 14.6 Å². The summed E-state index contributed by atoms with van der Waals surface area (Å²) in [6, 6.07) is 17.7. The Morgan fingerprint density at radius 2 is 1.90 bits per heavy atom. The van der Waals surface area contributed by atoms with Crippen LogP contribution in [0.25, 0.3) is 0 Å². The number of nitrogens with one attached hydrogen (secondary N) is 2. The second kappa shape index (κ2) is 10.1. The number of hydrogen-bond acceptors (Lipinski definition) is 3. The van der Waals surface area contributed by atoms with E-state index in [0.717, 1.165) is 25.2 Å². The van der Waals surface area contributed by atoms with Crippen molar-refractivity contribution in [3.63, 3.8) is 0 Å². The second-order valence-corrected chi connectivity index (χ2v) is 7.21. The summed E-state index contributed by atoms with van der Waals surface area (Å²) < 4.78 is 0. The van der Waals surface area contributed by atoms with Gasteiger partial charge in [-0.1, -0.05) is 50.2 Å². The summed E-state index contributed by atoms with van der Waals surface area (Å²) in [7, 11) is 0. The average Bonchev–Trinajstić information content (AvgIpc) is 3.19. The molecule has 2 aromatic carbocycles. The van der Waals surface area contributed by atoms with Gasteiger partial charge in [-0.2, -0.15) is 0 Å². The van der Waals surface area contributed by atoms with Gasteiger partial charge < -0.3 is 10.6 Å². The molecule has 0 aromatic heterocycles. The highest BCUT2D eigenvalue weighted by molar-refractivity contribution is 5.98. The monoisotopic (exact) mass is 394 g/mol. The Labute approximate surface area is 172 Å². The first kappa shape index (κ1) is 20.9. The Hall–Kier alpha value is -2.86. The van der Waals surface area contributed by atoms with E-state index in [1.807, 2.05) is 30.3 Å². The Morgan fingerprint density at radius 1 is 1.14 bits per heavy atom. The number of hydrogen-bond donors (Lipinski definition) is 2. The maximum absolute atomic E-state index is 12.8. The summed E-state index contributed by atoms with van der Waals surface area (Å²) in [4.78, 5) is 28.7. The first-order chi connectivity index (χ1) is 14.1. The molecule has 3 amide bonds. The molecule has 3 rings (SSSR count). The standard InChI is InChI=1S/C23H30N4O2/c1-3-26(4-2)21(15-18-9-6-5-7-10-18)17-25-22(28)19-11-8-12-20(16-19)27-14-13-24-23(27)29/h5-12,16,21H,3-4,13-15,17H2,1-2H3,(H,24,29)(H,25,28). The van der Waals surface area contributed by atoms with Gasteiger partial charge in [0.05, 0.1) is 0 Å². The van der Waals surface area contributed by atoms with Crippen LogP contribution in [0.15, 0.2) is 54.6 Å². The van der Waals surface area contributed by atoms with Crippen LogP contribution >= 0.6 is 0 Å². The predicted molar refractivity (Wildman–Crippen MR) is 116 cm³/mol. The van der Waals surface area contributed by atoms with Crippen LogP contribution in [-0.2, 0) is 6.42 Å². The molecule has 2 N–H and O–H groups in total. The molecule has 1 fully saturated rings. The van der Waals surface area contributed by atoms with Crippen LogP contribution in [-0.4, -0.2) is 55.6 Å². The van der Waals surface area contributed by atoms with Crippen LogP contribution in [0.4, 0.5) is 10.5 Å². The molecule has 0 saturated carbocycles. The minimum Gasteiger partial charge on any atom is -0.350 e. The van der Waals surface area contributed by atoms with Crippen molar-refractivity contribution in [2.75, 3.05) is 37.6 Å².